The van der Waals surface area contributed by atoms with Gasteiger partial charge in [0.25, 0.3) is 0 Å². The number of hydrogen-bond acceptors (Lipinski definition) is 4. The van der Waals surface area contributed by atoms with Gasteiger partial charge in [0.15, 0.2) is 11.5 Å². The van der Waals surface area contributed by atoms with Crippen LogP contribution in [-0.2, 0) is 6.42 Å². The zero-order valence-electron chi connectivity index (χ0n) is 7.25. The minimum Gasteiger partial charge on any atom is -0.207 e. The molecule has 0 N–H and O–H groups in total. The summed E-state index contributed by atoms with van der Waals surface area (Å²) in [7, 11) is 0. The van der Waals surface area contributed by atoms with E-state index in [1.807, 2.05) is 0 Å². The topological polar surface area (TPSA) is 84.3 Å². The van der Waals surface area contributed by atoms with Crippen molar-refractivity contribution in [3.63, 3.8) is 0 Å². The van der Waals surface area contributed by atoms with E-state index in [1.165, 1.54) is 12.1 Å². The first-order valence-electron chi connectivity index (χ1n) is 3.70. The van der Waals surface area contributed by atoms with Crippen LogP contribution in [0.15, 0.2) is 0 Å². The minimum absolute atomic E-state index is 0.537. The van der Waals surface area contributed by atoms with Crippen molar-refractivity contribution in [3.8, 4) is 18.2 Å². The Morgan fingerprint density at radius 1 is 1.13 bits per heavy atom. The SMILES string of the molecule is N#CCc1c(F)nc(C#N)c(C#N)c1F. The van der Waals surface area contributed by atoms with E-state index in [1.54, 1.807) is 6.07 Å². The van der Waals surface area contributed by atoms with Crippen molar-refractivity contribution in [1.82, 2.24) is 4.98 Å². The van der Waals surface area contributed by atoms with E-state index < -0.39 is 35.0 Å². The number of nitrogens with zero attached hydrogens (tertiary/aromatic N) is 4. The van der Waals surface area contributed by atoms with E-state index in [0.29, 0.717) is 0 Å². The molecule has 0 aliphatic heterocycles. The summed E-state index contributed by atoms with van der Waals surface area (Å²) < 4.78 is 26.4. The zero-order chi connectivity index (χ0) is 11.4. The first-order valence-corrected chi connectivity index (χ1v) is 3.70. The van der Waals surface area contributed by atoms with E-state index in [2.05, 4.69) is 4.98 Å². The molecule has 0 aliphatic carbocycles. The van der Waals surface area contributed by atoms with Gasteiger partial charge in [0.1, 0.15) is 17.7 Å². The van der Waals surface area contributed by atoms with Gasteiger partial charge in [-0.15, -0.1) is 0 Å². The van der Waals surface area contributed by atoms with Gasteiger partial charge in [-0.3, -0.25) is 0 Å². The molecule has 4 nitrogen and oxygen atoms in total. The molecular formula is C9H2F2N4. The Morgan fingerprint density at radius 2 is 1.80 bits per heavy atom. The molecule has 1 aromatic heterocycles. The monoisotopic (exact) mass is 204 g/mol. The van der Waals surface area contributed by atoms with Crippen LogP contribution in [0.5, 0.6) is 0 Å². The molecule has 0 fully saturated rings. The van der Waals surface area contributed by atoms with Crippen LogP contribution in [0.2, 0.25) is 0 Å². The molecule has 0 saturated heterocycles. The molecule has 0 saturated carbocycles. The minimum atomic E-state index is -1.23. The number of rotatable bonds is 1. The molecule has 1 aromatic rings. The van der Waals surface area contributed by atoms with Crippen LogP contribution in [0.25, 0.3) is 0 Å². The Balaban J connectivity index is 3.57. The van der Waals surface area contributed by atoms with Gasteiger partial charge in [-0.05, 0) is 0 Å². The summed E-state index contributed by atoms with van der Waals surface area (Å²) in [6.07, 6.45) is -0.537. The number of halogens is 2. The summed E-state index contributed by atoms with van der Waals surface area (Å²) in [4.78, 5) is 3.10. The number of nitriles is 3. The lowest BCUT2D eigenvalue weighted by atomic mass is 10.1. The first-order chi connectivity index (χ1) is 7.15. The van der Waals surface area contributed by atoms with E-state index in [9.17, 15) is 8.78 Å². The van der Waals surface area contributed by atoms with E-state index in [-0.39, 0.29) is 0 Å². The van der Waals surface area contributed by atoms with Crippen molar-refractivity contribution < 1.29 is 8.78 Å². The molecule has 1 heterocycles. The maximum Gasteiger partial charge on any atom is 0.221 e. The van der Waals surface area contributed by atoms with Gasteiger partial charge >= 0.3 is 0 Å². The quantitative estimate of drug-likeness (QED) is 0.642. The second-order valence-corrected chi connectivity index (χ2v) is 2.48. The molecule has 6 heteroatoms. The molecule has 0 radical (unpaired) electrons. The van der Waals surface area contributed by atoms with E-state index in [0.717, 1.165) is 0 Å². The Hall–Kier alpha value is -2.52. The molecule has 0 aliphatic rings. The predicted molar refractivity (Wildman–Crippen MR) is 42.9 cm³/mol. The van der Waals surface area contributed by atoms with Crippen molar-refractivity contribution in [2.24, 2.45) is 0 Å². The van der Waals surface area contributed by atoms with Crippen LogP contribution < -0.4 is 0 Å². The molecule has 1 rings (SSSR count). The van der Waals surface area contributed by atoms with Gasteiger partial charge in [-0.1, -0.05) is 0 Å². The summed E-state index contributed by atoms with van der Waals surface area (Å²) in [6.45, 7) is 0. The van der Waals surface area contributed by atoms with Gasteiger partial charge in [0, 0.05) is 0 Å². The Labute approximate surface area is 83.6 Å². The molecule has 15 heavy (non-hydrogen) atoms. The summed E-state index contributed by atoms with van der Waals surface area (Å²) in [6, 6.07) is 4.35. The molecular weight excluding hydrogens is 202 g/mol. The lowest BCUT2D eigenvalue weighted by Crippen LogP contribution is -2.05. The zero-order valence-corrected chi connectivity index (χ0v) is 7.25. The Morgan fingerprint density at radius 3 is 2.27 bits per heavy atom. The summed E-state index contributed by atoms with van der Waals surface area (Å²) in [5.74, 6) is -2.42. The van der Waals surface area contributed by atoms with Crippen LogP contribution in [0, 0.1) is 45.8 Å². The fraction of sp³-hybridized carbons (Fsp3) is 0.111. The maximum absolute atomic E-state index is 13.4. The largest absolute Gasteiger partial charge is 0.221 e. The summed E-state index contributed by atoms with van der Waals surface area (Å²) in [5.41, 5.74) is -1.84. The summed E-state index contributed by atoms with van der Waals surface area (Å²) in [5, 5.41) is 25.3. The standard InChI is InChI=1S/C9H2F2N4/c10-8-5(1-2-12)9(11)15-7(4-14)6(8)3-13/h1H2. The van der Waals surface area contributed by atoms with Crippen LogP contribution in [0.3, 0.4) is 0 Å². The highest BCUT2D eigenvalue weighted by Crippen LogP contribution is 2.17. The molecule has 72 valence electrons. The van der Waals surface area contributed by atoms with Crippen LogP contribution in [0.1, 0.15) is 16.8 Å². The second kappa shape index (κ2) is 4.13. The van der Waals surface area contributed by atoms with Gasteiger partial charge in [-0.2, -0.15) is 20.2 Å². The van der Waals surface area contributed by atoms with Crippen LogP contribution in [-0.4, -0.2) is 4.98 Å². The van der Waals surface area contributed by atoms with Gasteiger partial charge < -0.3 is 0 Å². The lowest BCUT2D eigenvalue weighted by molar-refractivity contribution is 0.529. The third-order valence-corrected chi connectivity index (χ3v) is 1.65. The highest BCUT2D eigenvalue weighted by atomic mass is 19.1. The fourth-order valence-corrected chi connectivity index (χ4v) is 0.979. The molecule has 0 spiro atoms. The van der Waals surface area contributed by atoms with Gasteiger partial charge in [0.05, 0.1) is 18.1 Å². The van der Waals surface area contributed by atoms with Crippen molar-refractivity contribution in [2.45, 2.75) is 6.42 Å². The highest BCUT2D eigenvalue weighted by Gasteiger charge is 2.19. The molecule has 0 amide bonds. The van der Waals surface area contributed by atoms with Crippen LogP contribution >= 0.6 is 0 Å². The second-order valence-electron chi connectivity index (χ2n) is 2.48. The number of hydrogen-bond donors (Lipinski definition) is 0. The summed E-state index contributed by atoms with van der Waals surface area (Å²) >= 11 is 0. The highest BCUT2D eigenvalue weighted by molar-refractivity contribution is 5.44. The average molecular weight is 204 g/mol. The molecule has 0 unspecified atom stereocenters. The third kappa shape index (κ3) is 1.72. The predicted octanol–water partition coefficient (Wildman–Crippen LogP) is 1.17. The van der Waals surface area contributed by atoms with Crippen molar-refractivity contribution in [2.75, 3.05) is 0 Å². The number of pyridine rings is 1. The molecule has 0 atom stereocenters. The average Bonchev–Trinajstić information content (AvgIpc) is 2.23. The van der Waals surface area contributed by atoms with Crippen LogP contribution in [0.4, 0.5) is 8.78 Å². The Kier molecular flexibility index (Phi) is 2.91. The fourth-order valence-electron chi connectivity index (χ4n) is 0.979. The molecule has 0 aromatic carbocycles. The van der Waals surface area contributed by atoms with E-state index in [4.69, 9.17) is 15.8 Å². The smallest absolute Gasteiger partial charge is 0.207 e. The van der Waals surface area contributed by atoms with Gasteiger partial charge in [0.2, 0.25) is 5.95 Å². The van der Waals surface area contributed by atoms with Crippen molar-refractivity contribution in [1.29, 1.82) is 15.8 Å². The van der Waals surface area contributed by atoms with Crippen molar-refractivity contribution >= 4 is 0 Å². The first kappa shape index (κ1) is 10.6. The third-order valence-electron chi connectivity index (χ3n) is 1.65. The lowest BCUT2D eigenvalue weighted by Gasteiger charge is -2.02. The van der Waals surface area contributed by atoms with Crippen molar-refractivity contribution in [3.05, 3.63) is 28.6 Å². The maximum atomic E-state index is 13.4. The van der Waals surface area contributed by atoms with E-state index >= 15 is 0 Å². The number of aromatic nitrogens is 1. The molecule has 0 bridgehead atoms. The van der Waals surface area contributed by atoms with Gasteiger partial charge in [-0.25, -0.2) is 9.37 Å². The Bertz CT molecular complexity index is 531. The normalized spacial score (nSPS) is 8.73.